The fourth-order valence-corrected chi connectivity index (χ4v) is 2.36. The Morgan fingerprint density at radius 1 is 1.00 bits per heavy atom. The van der Waals surface area contributed by atoms with Crippen LogP contribution >= 0.6 is 0 Å². The van der Waals surface area contributed by atoms with Crippen LogP contribution in [-0.4, -0.2) is 66.4 Å². The summed E-state index contributed by atoms with van der Waals surface area (Å²) in [5.74, 6) is -2.27. The highest BCUT2D eigenvalue weighted by Crippen LogP contribution is 2.10. The number of nitrogens with zero attached hydrogens (tertiary/aromatic N) is 1. The second kappa shape index (κ2) is 13.1. The molecule has 1 unspecified atom stereocenters. The van der Waals surface area contributed by atoms with E-state index in [2.05, 4.69) is 0 Å². The van der Waals surface area contributed by atoms with E-state index in [1.807, 2.05) is 33.3 Å². The minimum atomic E-state index is -0.971. The van der Waals surface area contributed by atoms with E-state index in [1.165, 1.54) is 0 Å². The highest BCUT2D eigenvalue weighted by atomic mass is 16.5. The molecular formula is C19H32NO6+. The van der Waals surface area contributed by atoms with Gasteiger partial charge in [0.2, 0.25) is 0 Å². The molecule has 0 aromatic heterocycles. The maximum atomic E-state index is 11.9. The molecule has 0 radical (unpaired) electrons. The predicted octanol–water partition coefficient (Wildman–Crippen LogP) is 2.62. The zero-order valence-electron chi connectivity index (χ0n) is 16.0. The lowest BCUT2D eigenvalue weighted by molar-refractivity contribution is -0.873. The molecule has 0 saturated heterocycles. The lowest BCUT2D eigenvalue weighted by Gasteiger charge is -2.28. The van der Waals surface area contributed by atoms with E-state index in [-0.39, 0.29) is 12.4 Å². The number of unbranched alkanes of at least 4 members (excludes halogenated alkanes) is 3. The smallest absolute Gasteiger partial charge is 0.327 e. The summed E-state index contributed by atoms with van der Waals surface area (Å²) in [7, 11) is 5.77. The highest BCUT2D eigenvalue weighted by molar-refractivity contribution is 5.79. The first-order valence-corrected chi connectivity index (χ1v) is 8.86. The summed E-state index contributed by atoms with van der Waals surface area (Å²) >= 11 is 0. The van der Waals surface area contributed by atoms with Gasteiger partial charge in [-0.2, -0.15) is 0 Å². The molecule has 0 aliphatic rings. The molecule has 0 aromatic rings. The fraction of sp³-hybridized carbons (Fsp3) is 0.632. The molecule has 0 spiro atoms. The second-order valence-corrected chi connectivity index (χ2v) is 7.23. The van der Waals surface area contributed by atoms with Gasteiger partial charge in [-0.25, -0.2) is 4.79 Å². The Bertz CT molecular complexity index is 505. The van der Waals surface area contributed by atoms with Crippen LogP contribution < -0.4 is 0 Å². The Morgan fingerprint density at radius 2 is 1.69 bits per heavy atom. The number of likely N-dealkylation sites (N-methyl/N-ethyl adjacent to an activating group) is 1. The van der Waals surface area contributed by atoms with Crippen LogP contribution in [0.5, 0.6) is 0 Å². The van der Waals surface area contributed by atoms with Crippen LogP contribution in [0, 0.1) is 0 Å². The number of carbonyl (C=O) groups is 3. The summed E-state index contributed by atoms with van der Waals surface area (Å²) in [6.07, 6.45) is 10.1. The maximum absolute atomic E-state index is 11.9. The van der Waals surface area contributed by atoms with Crippen LogP contribution in [0.3, 0.4) is 0 Å². The molecule has 0 aromatic carbocycles. The van der Waals surface area contributed by atoms with Crippen molar-refractivity contribution in [3.05, 3.63) is 24.3 Å². The SMILES string of the molecule is C[N+](C)(C)CC(CC(=O)O)OC(=O)CCCCC/C=C/C/C=C/C(=O)O. The van der Waals surface area contributed by atoms with E-state index >= 15 is 0 Å². The molecule has 0 heterocycles. The predicted molar refractivity (Wildman–Crippen MR) is 98.7 cm³/mol. The highest BCUT2D eigenvalue weighted by Gasteiger charge is 2.24. The molecule has 0 saturated carbocycles. The first-order chi connectivity index (χ1) is 12.1. The first-order valence-electron chi connectivity index (χ1n) is 8.86. The van der Waals surface area contributed by atoms with Gasteiger partial charge in [0.15, 0.2) is 6.10 Å². The third kappa shape index (κ3) is 16.7. The van der Waals surface area contributed by atoms with Gasteiger partial charge in [-0.15, -0.1) is 0 Å². The van der Waals surface area contributed by atoms with Crippen LogP contribution in [0.4, 0.5) is 0 Å². The van der Waals surface area contributed by atoms with Crippen LogP contribution in [0.1, 0.15) is 44.9 Å². The molecule has 0 amide bonds. The van der Waals surface area contributed by atoms with Crippen molar-refractivity contribution < 1.29 is 33.8 Å². The zero-order chi connectivity index (χ0) is 20.0. The van der Waals surface area contributed by atoms with Gasteiger partial charge in [0.25, 0.3) is 0 Å². The second-order valence-electron chi connectivity index (χ2n) is 7.23. The van der Waals surface area contributed by atoms with Crippen molar-refractivity contribution in [1.29, 1.82) is 0 Å². The normalized spacial score (nSPS) is 13.2. The number of quaternary nitrogens is 1. The number of hydrogen-bond donors (Lipinski definition) is 2. The van der Waals surface area contributed by atoms with Crippen molar-refractivity contribution in [3.8, 4) is 0 Å². The summed E-state index contributed by atoms with van der Waals surface area (Å²) in [6.45, 7) is 0.457. The summed E-state index contributed by atoms with van der Waals surface area (Å²) in [4.78, 5) is 33.1. The van der Waals surface area contributed by atoms with Crippen molar-refractivity contribution >= 4 is 17.9 Å². The van der Waals surface area contributed by atoms with Crippen LogP contribution in [0.2, 0.25) is 0 Å². The zero-order valence-corrected chi connectivity index (χ0v) is 16.0. The third-order valence-corrected chi connectivity index (χ3v) is 3.40. The molecular weight excluding hydrogens is 338 g/mol. The van der Waals surface area contributed by atoms with E-state index in [0.29, 0.717) is 30.3 Å². The van der Waals surface area contributed by atoms with Gasteiger partial charge in [-0.05, 0) is 25.7 Å². The molecule has 0 aliphatic heterocycles. The van der Waals surface area contributed by atoms with Crippen molar-refractivity contribution in [2.75, 3.05) is 27.7 Å². The van der Waals surface area contributed by atoms with E-state index in [9.17, 15) is 14.4 Å². The van der Waals surface area contributed by atoms with Gasteiger partial charge in [-0.3, -0.25) is 9.59 Å². The average Bonchev–Trinajstić information content (AvgIpc) is 2.46. The van der Waals surface area contributed by atoms with Crippen molar-refractivity contribution in [2.45, 2.75) is 51.0 Å². The maximum Gasteiger partial charge on any atom is 0.327 e. The van der Waals surface area contributed by atoms with E-state index < -0.39 is 18.0 Å². The molecule has 0 bridgehead atoms. The molecule has 26 heavy (non-hydrogen) atoms. The third-order valence-electron chi connectivity index (χ3n) is 3.40. The number of allylic oxidation sites excluding steroid dienone is 3. The van der Waals surface area contributed by atoms with Gasteiger partial charge in [0.05, 0.1) is 27.6 Å². The standard InChI is InChI=1S/C19H31NO6/c1-20(2,3)15-16(14-18(23)24)26-19(25)13-11-9-7-5-4-6-8-10-12-17(21)22/h4,6,10,12,16H,5,7-9,11,13-15H2,1-3H3,(H-,21,22,23,24)/p+1/b6-4+,12-10+. The van der Waals surface area contributed by atoms with Crippen LogP contribution in [0.15, 0.2) is 24.3 Å². The number of ether oxygens (including phenoxy) is 1. The van der Waals surface area contributed by atoms with Crippen molar-refractivity contribution in [3.63, 3.8) is 0 Å². The van der Waals surface area contributed by atoms with Crippen molar-refractivity contribution in [1.82, 2.24) is 0 Å². The Hall–Kier alpha value is -2.15. The number of carboxylic acid groups (broad SMARTS) is 2. The molecule has 7 nitrogen and oxygen atoms in total. The van der Waals surface area contributed by atoms with E-state index in [1.54, 1.807) is 6.08 Å². The molecule has 0 rings (SSSR count). The topological polar surface area (TPSA) is 101 Å². The molecule has 148 valence electrons. The lowest BCUT2D eigenvalue weighted by Crippen LogP contribution is -2.43. The number of aliphatic carboxylic acids is 2. The quantitative estimate of drug-likeness (QED) is 0.160. The minimum Gasteiger partial charge on any atom is -0.481 e. The summed E-state index contributed by atoms with van der Waals surface area (Å²) in [5.41, 5.74) is 0. The summed E-state index contributed by atoms with van der Waals surface area (Å²) in [5, 5.41) is 17.4. The Balaban J connectivity index is 3.93. The Labute approximate surface area is 155 Å². The lowest BCUT2D eigenvalue weighted by atomic mass is 10.1. The molecule has 0 aliphatic carbocycles. The monoisotopic (exact) mass is 370 g/mol. The summed E-state index contributed by atoms with van der Waals surface area (Å²) < 4.78 is 5.85. The van der Waals surface area contributed by atoms with Crippen LogP contribution in [-0.2, 0) is 19.1 Å². The largest absolute Gasteiger partial charge is 0.481 e. The number of carbonyl (C=O) groups excluding carboxylic acids is 1. The van der Waals surface area contributed by atoms with Crippen molar-refractivity contribution in [2.24, 2.45) is 0 Å². The molecule has 0 fully saturated rings. The van der Waals surface area contributed by atoms with Gasteiger partial charge in [0, 0.05) is 12.5 Å². The molecule has 1 atom stereocenters. The van der Waals surface area contributed by atoms with Gasteiger partial charge >= 0.3 is 17.9 Å². The first kappa shape index (κ1) is 23.9. The number of hydrogen-bond acceptors (Lipinski definition) is 4. The molecule has 7 heteroatoms. The Kier molecular flexibility index (Phi) is 12.0. The molecule has 2 N–H and O–H groups in total. The van der Waals surface area contributed by atoms with E-state index in [0.717, 1.165) is 25.3 Å². The number of esters is 1. The summed E-state index contributed by atoms with van der Waals surface area (Å²) in [6, 6.07) is 0. The average molecular weight is 370 g/mol. The number of carboxylic acids is 2. The fourth-order valence-electron chi connectivity index (χ4n) is 2.36. The van der Waals surface area contributed by atoms with Gasteiger partial charge < -0.3 is 19.4 Å². The van der Waals surface area contributed by atoms with Crippen LogP contribution in [0.25, 0.3) is 0 Å². The van der Waals surface area contributed by atoms with Gasteiger partial charge in [0.1, 0.15) is 6.54 Å². The number of rotatable bonds is 14. The van der Waals surface area contributed by atoms with Gasteiger partial charge in [-0.1, -0.05) is 24.6 Å². The minimum absolute atomic E-state index is 0.178. The van der Waals surface area contributed by atoms with E-state index in [4.69, 9.17) is 14.9 Å². The Morgan fingerprint density at radius 3 is 2.27 bits per heavy atom.